The molecule has 1 aliphatic carbocycles. The SMILES string of the molecule is CC1=C[C@@H](c2c(O)cc(O)c3c2O[C@H](c2ccccc2)CC3=O)[C@H](C(C)C)CC1. The van der Waals surface area contributed by atoms with E-state index in [9.17, 15) is 15.0 Å². The van der Waals surface area contributed by atoms with Crippen LogP contribution >= 0.6 is 0 Å². The van der Waals surface area contributed by atoms with Crippen molar-refractivity contribution in [2.24, 2.45) is 11.8 Å². The maximum Gasteiger partial charge on any atom is 0.174 e. The summed E-state index contributed by atoms with van der Waals surface area (Å²) in [6, 6.07) is 10.9. The Balaban J connectivity index is 1.88. The van der Waals surface area contributed by atoms with Crippen molar-refractivity contribution in [2.45, 2.75) is 52.1 Å². The Morgan fingerprint density at radius 1 is 1.10 bits per heavy atom. The first-order chi connectivity index (χ1) is 13.9. The molecule has 0 fully saturated rings. The average Bonchev–Trinajstić information content (AvgIpc) is 2.67. The molecule has 4 nitrogen and oxygen atoms in total. The molecule has 0 saturated heterocycles. The molecule has 2 aromatic carbocycles. The number of Topliss-reactive ketones (excluding diaryl/α,β-unsaturated/α-hetero) is 1. The second-order valence-corrected chi connectivity index (χ2v) is 8.66. The monoisotopic (exact) mass is 392 g/mol. The lowest BCUT2D eigenvalue weighted by Crippen LogP contribution is -2.25. The molecule has 0 saturated carbocycles. The molecule has 0 spiro atoms. The van der Waals surface area contributed by atoms with Gasteiger partial charge in [0, 0.05) is 17.5 Å². The molecule has 0 amide bonds. The number of carbonyl (C=O) groups is 1. The van der Waals surface area contributed by atoms with Gasteiger partial charge in [-0.05, 0) is 37.2 Å². The predicted molar refractivity (Wildman–Crippen MR) is 113 cm³/mol. The van der Waals surface area contributed by atoms with E-state index >= 15 is 0 Å². The molecule has 0 aromatic heterocycles. The van der Waals surface area contributed by atoms with Crippen LogP contribution in [-0.4, -0.2) is 16.0 Å². The van der Waals surface area contributed by atoms with E-state index in [0.29, 0.717) is 23.1 Å². The second-order valence-electron chi connectivity index (χ2n) is 8.66. The Labute approximate surface area is 171 Å². The Kier molecular flexibility index (Phi) is 5.12. The molecule has 1 aliphatic heterocycles. The highest BCUT2D eigenvalue weighted by atomic mass is 16.5. The Bertz CT molecular complexity index is 959. The topological polar surface area (TPSA) is 66.8 Å². The minimum absolute atomic E-state index is 0.00985. The quantitative estimate of drug-likeness (QED) is 0.638. The number of benzene rings is 2. The van der Waals surface area contributed by atoms with Crippen molar-refractivity contribution in [3.05, 3.63) is 64.7 Å². The van der Waals surface area contributed by atoms with E-state index in [2.05, 4.69) is 26.8 Å². The van der Waals surface area contributed by atoms with E-state index in [1.54, 1.807) is 0 Å². The lowest BCUT2D eigenvalue weighted by molar-refractivity contribution is 0.0840. The van der Waals surface area contributed by atoms with E-state index in [1.165, 1.54) is 11.6 Å². The summed E-state index contributed by atoms with van der Waals surface area (Å²) in [7, 11) is 0. The molecule has 2 aliphatic rings. The molecule has 3 atom stereocenters. The van der Waals surface area contributed by atoms with Crippen LogP contribution in [0, 0.1) is 11.8 Å². The maximum atomic E-state index is 13.0. The molecule has 4 heteroatoms. The Morgan fingerprint density at radius 2 is 1.83 bits per heavy atom. The van der Waals surface area contributed by atoms with E-state index in [1.807, 2.05) is 30.3 Å². The molecule has 0 radical (unpaired) electrons. The zero-order chi connectivity index (χ0) is 20.7. The lowest BCUT2D eigenvalue weighted by atomic mass is 9.71. The molecule has 4 rings (SSSR count). The molecular weight excluding hydrogens is 364 g/mol. The van der Waals surface area contributed by atoms with Crippen molar-refractivity contribution < 1.29 is 19.7 Å². The van der Waals surface area contributed by atoms with Crippen LogP contribution in [0.1, 0.15) is 73.5 Å². The average molecular weight is 392 g/mol. The summed E-state index contributed by atoms with van der Waals surface area (Å²) < 4.78 is 6.33. The van der Waals surface area contributed by atoms with Gasteiger partial charge in [0.15, 0.2) is 5.78 Å². The number of allylic oxidation sites excluding steroid dienone is 2. The molecule has 152 valence electrons. The van der Waals surface area contributed by atoms with Crippen LogP contribution in [0.2, 0.25) is 0 Å². The Morgan fingerprint density at radius 3 is 2.52 bits per heavy atom. The zero-order valence-electron chi connectivity index (χ0n) is 17.2. The maximum absolute atomic E-state index is 13.0. The van der Waals surface area contributed by atoms with Crippen molar-refractivity contribution >= 4 is 5.78 Å². The fourth-order valence-corrected chi connectivity index (χ4v) is 4.80. The largest absolute Gasteiger partial charge is 0.507 e. The van der Waals surface area contributed by atoms with E-state index < -0.39 is 6.10 Å². The number of ketones is 1. The third-order valence-corrected chi connectivity index (χ3v) is 6.35. The van der Waals surface area contributed by atoms with Gasteiger partial charge in [-0.15, -0.1) is 0 Å². The lowest BCUT2D eigenvalue weighted by Gasteiger charge is -2.36. The smallest absolute Gasteiger partial charge is 0.174 e. The van der Waals surface area contributed by atoms with Crippen LogP contribution in [0.4, 0.5) is 0 Å². The highest BCUT2D eigenvalue weighted by molar-refractivity contribution is 6.03. The van der Waals surface area contributed by atoms with E-state index in [4.69, 9.17) is 4.74 Å². The minimum atomic E-state index is -0.428. The molecule has 2 N–H and O–H groups in total. The fraction of sp³-hybridized carbons (Fsp3) is 0.400. The summed E-state index contributed by atoms with van der Waals surface area (Å²) in [4.78, 5) is 13.0. The number of fused-ring (bicyclic) bond motifs is 1. The van der Waals surface area contributed by atoms with E-state index in [-0.39, 0.29) is 35.2 Å². The highest BCUT2D eigenvalue weighted by Crippen LogP contribution is 2.52. The van der Waals surface area contributed by atoms with Crippen LogP contribution in [0.3, 0.4) is 0 Å². The number of phenolic OH excluding ortho intramolecular Hbond substituents is 2. The predicted octanol–water partition coefficient (Wildman–Crippen LogP) is 5.90. The Hall–Kier alpha value is -2.75. The third-order valence-electron chi connectivity index (χ3n) is 6.35. The molecular formula is C25H28O4. The van der Waals surface area contributed by atoms with Crippen molar-refractivity contribution in [3.8, 4) is 17.2 Å². The fourth-order valence-electron chi connectivity index (χ4n) is 4.80. The van der Waals surface area contributed by atoms with Gasteiger partial charge in [0.25, 0.3) is 0 Å². The van der Waals surface area contributed by atoms with E-state index in [0.717, 1.165) is 18.4 Å². The summed E-state index contributed by atoms with van der Waals surface area (Å²) in [5, 5.41) is 21.3. The van der Waals surface area contributed by atoms with Crippen molar-refractivity contribution in [2.75, 3.05) is 0 Å². The molecule has 1 heterocycles. The van der Waals surface area contributed by atoms with Crippen LogP contribution in [-0.2, 0) is 0 Å². The molecule has 29 heavy (non-hydrogen) atoms. The van der Waals surface area contributed by atoms with Gasteiger partial charge < -0.3 is 14.9 Å². The number of rotatable bonds is 3. The summed E-state index contributed by atoms with van der Waals surface area (Å²) in [5.41, 5.74) is 3.01. The van der Waals surface area contributed by atoms with Gasteiger partial charge in [0.1, 0.15) is 28.9 Å². The summed E-state index contributed by atoms with van der Waals surface area (Å²) in [6.07, 6.45) is 3.99. The number of hydrogen-bond acceptors (Lipinski definition) is 4. The summed E-state index contributed by atoms with van der Waals surface area (Å²) in [5.74, 6) is 0.650. The summed E-state index contributed by atoms with van der Waals surface area (Å²) >= 11 is 0. The van der Waals surface area contributed by atoms with Gasteiger partial charge >= 0.3 is 0 Å². The summed E-state index contributed by atoms with van der Waals surface area (Å²) in [6.45, 7) is 6.48. The first-order valence-corrected chi connectivity index (χ1v) is 10.4. The number of aromatic hydroxyl groups is 2. The minimum Gasteiger partial charge on any atom is -0.507 e. The van der Waals surface area contributed by atoms with Crippen molar-refractivity contribution in [3.63, 3.8) is 0 Å². The van der Waals surface area contributed by atoms with Gasteiger partial charge in [-0.25, -0.2) is 0 Å². The second kappa shape index (κ2) is 7.58. The first-order valence-electron chi connectivity index (χ1n) is 10.4. The standard InChI is InChI=1S/C25H28O4/c1-14(2)17-10-9-15(3)11-18(17)23-19(26)12-20(27)24-21(28)13-22(29-25(23)24)16-7-5-4-6-8-16/h4-8,11-12,14,17-18,22,26-27H,9-10,13H2,1-3H3/t17-,18+,22-/m0/s1. The van der Waals surface area contributed by atoms with Crippen LogP contribution in [0.15, 0.2) is 48.0 Å². The van der Waals surface area contributed by atoms with Crippen LogP contribution in [0.25, 0.3) is 0 Å². The van der Waals surface area contributed by atoms with Crippen molar-refractivity contribution in [1.82, 2.24) is 0 Å². The molecule has 0 unspecified atom stereocenters. The normalized spacial score (nSPS) is 24.1. The molecule has 0 bridgehead atoms. The molecule has 2 aromatic rings. The van der Waals surface area contributed by atoms with Gasteiger partial charge in [0.05, 0.1) is 6.42 Å². The van der Waals surface area contributed by atoms with Gasteiger partial charge in [-0.1, -0.05) is 55.8 Å². The van der Waals surface area contributed by atoms with Gasteiger partial charge in [-0.3, -0.25) is 4.79 Å². The van der Waals surface area contributed by atoms with Gasteiger partial charge in [0.2, 0.25) is 0 Å². The number of hydrogen-bond donors (Lipinski definition) is 2. The number of ether oxygens (including phenoxy) is 1. The first kappa shape index (κ1) is 19.6. The van der Waals surface area contributed by atoms with Crippen LogP contribution < -0.4 is 4.74 Å². The number of carbonyl (C=O) groups excluding carboxylic acids is 1. The number of phenols is 2. The zero-order valence-corrected chi connectivity index (χ0v) is 17.2. The van der Waals surface area contributed by atoms with Crippen LogP contribution in [0.5, 0.6) is 17.2 Å². The third kappa shape index (κ3) is 3.52. The van der Waals surface area contributed by atoms with Crippen molar-refractivity contribution in [1.29, 1.82) is 0 Å². The highest BCUT2D eigenvalue weighted by Gasteiger charge is 2.38. The van der Waals surface area contributed by atoms with Gasteiger partial charge in [-0.2, -0.15) is 0 Å².